The van der Waals surface area contributed by atoms with E-state index in [0.29, 0.717) is 10.7 Å². The molecule has 0 unspecified atom stereocenters. The van der Waals surface area contributed by atoms with E-state index in [1.54, 1.807) is 45.0 Å². The van der Waals surface area contributed by atoms with Gasteiger partial charge in [-0.3, -0.25) is 4.79 Å². The van der Waals surface area contributed by atoms with Crippen molar-refractivity contribution in [3.8, 4) is 5.69 Å². The second kappa shape index (κ2) is 5.69. The molecule has 0 aliphatic rings. The molecular formula is C13H15ClN4O3. The first-order valence-electron chi connectivity index (χ1n) is 6.27. The summed E-state index contributed by atoms with van der Waals surface area (Å²) >= 11 is 6.00. The fraction of sp³-hybridized carbons (Fsp3) is 0.385. The van der Waals surface area contributed by atoms with E-state index < -0.39 is 17.3 Å². The average molecular weight is 311 g/mol. The van der Waals surface area contributed by atoms with Crippen LogP contribution in [0, 0.1) is 0 Å². The summed E-state index contributed by atoms with van der Waals surface area (Å²) in [5, 5.41) is 7.75. The number of carbonyl (C=O) groups is 1. The first-order chi connectivity index (χ1) is 9.78. The van der Waals surface area contributed by atoms with E-state index in [4.69, 9.17) is 16.3 Å². The summed E-state index contributed by atoms with van der Waals surface area (Å²) in [6.45, 7) is 4.93. The van der Waals surface area contributed by atoms with Gasteiger partial charge in [0.25, 0.3) is 0 Å². The highest BCUT2D eigenvalue weighted by Gasteiger charge is 2.19. The van der Waals surface area contributed by atoms with E-state index in [0.717, 1.165) is 9.36 Å². The van der Waals surface area contributed by atoms with Crippen LogP contribution in [-0.4, -0.2) is 31.4 Å². The number of ether oxygens (including phenoxy) is 1. The smallest absolute Gasteiger partial charge is 0.369 e. The Morgan fingerprint density at radius 2 is 1.95 bits per heavy atom. The number of nitrogens with zero attached hydrogens (tertiary/aromatic N) is 4. The molecule has 0 saturated carbocycles. The maximum Gasteiger partial charge on any atom is 0.369 e. The lowest BCUT2D eigenvalue weighted by Crippen LogP contribution is -2.31. The van der Waals surface area contributed by atoms with Crippen LogP contribution in [-0.2, 0) is 16.1 Å². The van der Waals surface area contributed by atoms with Crippen molar-refractivity contribution in [2.24, 2.45) is 0 Å². The average Bonchev–Trinajstić information content (AvgIpc) is 2.69. The topological polar surface area (TPSA) is 79.0 Å². The van der Waals surface area contributed by atoms with Crippen LogP contribution in [0.15, 0.2) is 29.1 Å². The minimum atomic E-state index is -0.626. The minimum absolute atomic E-state index is 0.305. The van der Waals surface area contributed by atoms with Crippen LogP contribution in [0.2, 0.25) is 5.02 Å². The predicted octanol–water partition coefficient (Wildman–Crippen LogP) is 1.42. The van der Waals surface area contributed by atoms with Crippen molar-refractivity contribution in [2.45, 2.75) is 32.9 Å². The van der Waals surface area contributed by atoms with Gasteiger partial charge in [0.05, 0.1) is 10.7 Å². The molecule has 1 heterocycles. The van der Waals surface area contributed by atoms with Crippen LogP contribution in [0.3, 0.4) is 0 Å². The molecule has 2 rings (SSSR count). The molecule has 2 aromatic rings. The van der Waals surface area contributed by atoms with E-state index in [-0.39, 0.29) is 6.54 Å². The van der Waals surface area contributed by atoms with E-state index in [1.165, 1.54) is 0 Å². The number of para-hydroxylation sites is 1. The quantitative estimate of drug-likeness (QED) is 0.801. The van der Waals surface area contributed by atoms with Gasteiger partial charge in [-0.25, -0.2) is 4.79 Å². The summed E-state index contributed by atoms with van der Waals surface area (Å²) in [6, 6.07) is 6.73. The molecule has 0 aliphatic heterocycles. The Kier molecular flexibility index (Phi) is 4.13. The Balaban J connectivity index is 2.24. The van der Waals surface area contributed by atoms with Crippen LogP contribution in [0.5, 0.6) is 0 Å². The predicted molar refractivity (Wildman–Crippen MR) is 76.5 cm³/mol. The van der Waals surface area contributed by atoms with Crippen molar-refractivity contribution in [3.05, 3.63) is 39.8 Å². The molecule has 0 bridgehead atoms. The van der Waals surface area contributed by atoms with Crippen molar-refractivity contribution in [1.82, 2.24) is 19.8 Å². The van der Waals surface area contributed by atoms with E-state index in [1.807, 2.05) is 0 Å². The van der Waals surface area contributed by atoms with Crippen molar-refractivity contribution in [2.75, 3.05) is 0 Å². The summed E-state index contributed by atoms with van der Waals surface area (Å²) < 4.78 is 7.10. The third kappa shape index (κ3) is 3.69. The fourth-order valence-electron chi connectivity index (χ4n) is 1.64. The molecule has 0 spiro atoms. The number of hydrogen-bond acceptors (Lipinski definition) is 5. The van der Waals surface area contributed by atoms with Gasteiger partial charge in [0, 0.05) is 0 Å². The van der Waals surface area contributed by atoms with E-state index in [9.17, 15) is 9.59 Å². The van der Waals surface area contributed by atoms with E-state index >= 15 is 0 Å². The molecule has 8 heteroatoms. The number of esters is 1. The Morgan fingerprint density at radius 3 is 2.57 bits per heavy atom. The molecule has 1 aromatic heterocycles. The molecular weight excluding hydrogens is 296 g/mol. The molecule has 0 aliphatic carbocycles. The number of rotatable bonds is 3. The van der Waals surface area contributed by atoms with E-state index in [2.05, 4.69) is 10.4 Å². The first-order valence-corrected chi connectivity index (χ1v) is 6.65. The first kappa shape index (κ1) is 15.2. The molecule has 0 atom stereocenters. The summed E-state index contributed by atoms with van der Waals surface area (Å²) in [5.74, 6) is -0.559. The third-order valence-electron chi connectivity index (χ3n) is 2.42. The lowest BCUT2D eigenvalue weighted by Gasteiger charge is -2.18. The van der Waals surface area contributed by atoms with Crippen molar-refractivity contribution in [3.63, 3.8) is 0 Å². The zero-order valence-electron chi connectivity index (χ0n) is 11.9. The third-order valence-corrected chi connectivity index (χ3v) is 2.74. The molecule has 0 fully saturated rings. The normalized spacial score (nSPS) is 11.4. The molecule has 0 N–H and O–H groups in total. The van der Waals surface area contributed by atoms with Crippen LogP contribution in [0.1, 0.15) is 20.8 Å². The molecule has 0 radical (unpaired) electrons. The maximum absolute atomic E-state index is 12.2. The SMILES string of the molecule is CC(C)(C)OC(=O)Cn1nnn(-c2ccccc2Cl)c1=O. The van der Waals surface area contributed by atoms with Crippen LogP contribution in [0.4, 0.5) is 0 Å². The number of tetrazole rings is 1. The van der Waals surface area contributed by atoms with Gasteiger partial charge in [-0.1, -0.05) is 23.7 Å². The second-order valence-electron chi connectivity index (χ2n) is 5.37. The highest BCUT2D eigenvalue weighted by Crippen LogP contribution is 2.16. The van der Waals surface area contributed by atoms with Gasteiger partial charge in [0.1, 0.15) is 12.1 Å². The summed E-state index contributed by atoms with van der Waals surface area (Å²) in [4.78, 5) is 23.9. The number of aromatic nitrogens is 4. The molecule has 1 aromatic carbocycles. The van der Waals surface area contributed by atoms with Gasteiger partial charge in [0.15, 0.2) is 0 Å². The zero-order chi connectivity index (χ0) is 15.6. The molecule has 0 saturated heterocycles. The Hall–Kier alpha value is -2.15. The lowest BCUT2D eigenvalue weighted by molar-refractivity contribution is -0.155. The Morgan fingerprint density at radius 1 is 1.29 bits per heavy atom. The number of hydrogen-bond donors (Lipinski definition) is 0. The Labute approximate surface area is 126 Å². The number of carbonyl (C=O) groups excluding carboxylic acids is 1. The van der Waals surface area contributed by atoms with Gasteiger partial charge in [0.2, 0.25) is 0 Å². The van der Waals surface area contributed by atoms with Gasteiger partial charge in [-0.05, 0) is 43.3 Å². The Bertz CT molecular complexity index is 715. The largest absolute Gasteiger partial charge is 0.459 e. The highest BCUT2D eigenvalue weighted by molar-refractivity contribution is 6.32. The second-order valence-corrected chi connectivity index (χ2v) is 5.78. The van der Waals surface area contributed by atoms with Crippen molar-refractivity contribution in [1.29, 1.82) is 0 Å². The molecule has 7 nitrogen and oxygen atoms in total. The number of benzene rings is 1. The maximum atomic E-state index is 12.2. The minimum Gasteiger partial charge on any atom is -0.459 e. The summed E-state index contributed by atoms with van der Waals surface area (Å²) in [5.41, 5.74) is -0.784. The van der Waals surface area contributed by atoms with Gasteiger partial charge < -0.3 is 4.74 Å². The van der Waals surface area contributed by atoms with Crippen molar-refractivity contribution >= 4 is 17.6 Å². The fourth-order valence-corrected chi connectivity index (χ4v) is 1.86. The van der Waals surface area contributed by atoms with Crippen molar-refractivity contribution < 1.29 is 9.53 Å². The zero-order valence-corrected chi connectivity index (χ0v) is 12.7. The standard InChI is InChI=1S/C13H15ClN4O3/c1-13(2,3)21-11(19)8-17-12(20)18(16-15-17)10-7-5-4-6-9(10)14/h4-7H,8H2,1-3H3. The van der Waals surface area contributed by atoms with Crippen LogP contribution < -0.4 is 5.69 Å². The van der Waals surface area contributed by atoms with Gasteiger partial charge >= 0.3 is 11.7 Å². The van der Waals surface area contributed by atoms with Gasteiger partial charge in [-0.15, -0.1) is 0 Å². The lowest BCUT2D eigenvalue weighted by atomic mass is 10.2. The van der Waals surface area contributed by atoms with Crippen LogP contribution in [0.25, 0.3) is 5.69 Å². The summed E-state index contributed by atoms with van der Waals surface area (Å²) in [6.07, 6.45) is 0. The highest BCUT2D eigenvalue weighted by atomic mass is 35.5. The van der Waals surface area contributed by atoms with Crippen LogP contribution >= 0.6 is 11.6 Å². The molecule has 21 heavy (non-hydrogen) atoms. The number of halogens is 1. The summed E-state index contributed by atoms with van der Waals surface area (Å²) in [7, 11) is 0. The monoisotopic (exact) mass is 310 g/mol. The molecule has 112 valence electrons. The molecule has 0 amide bonds. The van der Waals surface area contributed by atoms with Gasteiger partial charge in [-0.2, -0.15) is 9.36 Å².